The third-order valence-electron chi connectivity index (χ3n) is 3.40. The smallest absolute Gasteiger partial charge is 0.422 e. The molecule has 8 nitrogen and oxygen atoms in total. The van der Waals surface area contributed by atoms with Gasteiger partial charge in [-0.1, -0.05) is 13.3 Å². The molecule has 1 atom stereocenters. The van der Waals surface area contributed by atoms with Crippen LogP contribution in [0.5, 0.6) is 0 Å². The molecule has 9 heteroatoms. The summed E-state index contributed by atoms with van der Waals surface area (Å²) in [6, 6.07) is 0. The number of carboxylic acids is 1. The van der Waals surface area contributed by atoms with Gasteiger partial charge in [0.25, 0.3) is 0 Å². The summed E-state index contributed by atoms with van der Waals surface area (Å²) in [5.74, 6) is -1.01. The first kappa shape index (κ1) is 17.7. The van der Waals surface area contributed by atoms with Crippen molar-refractivity contribution < 1.29 is 27.9 Å². The van der Waals surface area contributed by atoms with Gasteiger partial charge in [-0.3, -0.25) is 4.79 Å². The van der Waals surface area contributed by atoms with E-state index in [2.05, 4.69) is 0 Å². The number of aliphatic carboxylic acids is 1. The van der Waals surface area contributed by atoms with Crippen molar-refractivity contribution in [3.8, 4) is 0 Å². The van der Waals surface area contributed by atoms with Crippen LogP contribution in [0.15, 0.2) is 0 Å². The lowest BCUT2D eigenvalue weighted by molar-refractivity contribution is -0.148. The number of amides is 1. The van der Waals surface area contributed by atoms with Crippen molar-refractivity contribution in [2.45, 2.75) is 46.1 Å². The Morgan fingerprint density at radius 2 is 2.05 bits per heavy atom. The highest BCUT2D eigenvalue weighted by Gasteiger charge is 2.47. The van der Waals surface area contributed by atoms with Crippen LogP contribution >= 0.6 is 0 Å². The van der Waals surface area contributed by atoms with E-state index in [9.17, 15) is 23.1 Å². The van der Waals surface area contributed by atoms with E-state index in [4.69, 9.17) is 4.74 Å². The van der Waals surface area contributed by atoms with Crippen molar-refractivity contribution in [3.63, 3.8) is 0 Å². The number of nitrogens with zero attached hydrogens (tertiary/aromatic N) is 1. The highest BCUT2D eigenvalue weighted by atomic mass is 32.2. The molecule has 1 amide bonds. The summed E-state index contributed by atoms with van der Waals surface area (Å²) in [4.78, 5) is 22.8. The molecule has 2 N–H and O–H groups in total. The number of hydrogen-bond donors (Lipinski definition) is 2. The Bertz CT molecular complexity index is 504. The predicted octanol–water partition coefficient (Wildman–Crippen LogP) is 0.943. The molecule has 1 unspecified atom stereocenters. The van der Waals surface area contributed by atoms with E-state index in [0.29, 0.717) is 12.8 Å². The Balaban J connectivity index is 2.78. The molecule has 0 aliphatic carbocycles. The lowest BCUT2D eigenvalue weighted by atomic mass is 9.83. The van der Waals surface area contributed by atoms with Gasteiger partial charge in [-0.15, -0.1) is 0 Å². The molecule has 0 bridgehead atoms. The van der Waals surface area contributed by atoms with Crippen LogP contribution in [0.4, 0.5) is 4.79 Å². The lowest BCUT2D eigenvalue weighted by Crippen LogP contribution is -2.45. The number of ether oxygens (including phenoxy) is 1. The average Bonchev–Trinajstić information content (AvgIpc) is 2.73. The minimum atomic E-state index is -4.08. The van der Waals surface area contributed by atoms with Crippen molar-refractivity contribution in [2.24, 2.45) is 5.41 Å². The Morgan fingerprint density at radius 3 is 2.52 bits per heavy atom. The second-order valence-corrected chi connectivity index (χ2v) is 7.15. The number of carbonyl (C=O) groups is 2. The minimum Gasteiger partial charge on any atom is -0.481 e. The number of nitrogens with one attached hydrogen (secondary N) is 1. The highest BCUT2D eigenvalue weighted by molar-refractivity contribution is 7.87. The molecule has 122 valence electrons. The van der Waals surface area contributed by atoms with E-state index in [0.717, 1.165) is 4.31 Å². The fraction of sp³-hybridized carbons (Fsp3) is 0.833. The number of carboxylic acid groups (broad SMARTS) is 1. The zero-order valence-corrected chi connectivity index (χ0v) is 13.3. The molecule has 0 aromatic rings. The molecule has 21 heavy (non-hydrogen) atoms. The van der Waals surface area contributed by atoms with Crippen LogP contribution < -0.4 is 4.72 Å². The molecule has 1 fully saturated rings. The largest absolute Gasteiger partial charge is 0.481 e. The molecular formula is C12H22N2O6S. The van der Waals surface area contributed by atoms with Crippen molar-refractivity contribution in [1.82, 2.24) is 9.03 Å². The summed E-state index contributed by atoms with van der Waals surface area (Å²) < 4.78 is 31.6. The molecule has 1 heterocycles. The first-order valence-electron chi connectivity index (χ1n) is 6.85. The van der Waals surface area contributed by atoms with Gasteiger partial charge in [0, 0.05) is 13.1 Å². The Labute approximate surface area is 124 Å². The van der Waals surface area contributed by atoms with Crippen LogP contribution in [-0.2, 0) is 19.7 Å². The zero-order chi connectivity index (χ0) is 16.3. The topological polar surface area (TPSA) is 113 Å². The van der Waals surface area contributed by atoms with Crippen LogP contribution in [0.2, 0.25) is 0 Å². The molecule has 0 aromatic carbocycles. The fourth-order valence-corrected chi connectivity index (χ4v) is 3.55. The van der Waals surface area contributed by atoms with E-state index in [1.165, 1.54) is 0 Å². The van der Waals surface area contributed by atoms with Gasteiger partial charge >= 0.3 is 22.3 Å². The van der Waals surface area contributed by atoms with Crippen molar-refractivity contribution in [2.75, 3.05) is 13.1 Å². The SMILES string of the molecule is CCCC1(C(=O)O)CCN(S(=O)(=O)NC(=O)OC(C)C)C1. The van der Waals surface area contributed by atoms with E-state index in [1.807, 2.05) is 6.92 Å². The van der Waals surface area contributed by atoms with Gasteiger partial charge in [0.05, 0.1) is 11.5 Å². The average molecular weight is 322 g/mol. The van der Waals surface area contributed by atoms with E-state index < -0.39 is 33.8 Å². The van der Waals surface area contributed by atoms with Gasteiger partial charge in [0.15, 0.2) is 0 Å². The second-order valence-electron chi connectivity index (χ2n) is 5.48. The quantitative estimate of drug-likeness (QED) is 0.752. The third-order valence-corrected chi connectivity index (χ3v) is 4.81. The van der Waals surface area contributed by atoms with Crippen LogP contribution in [-0.4, -0.2) is 49.1 Å². The van der Waals surface area contributed by atoms with E-state index in [-0.39, 0.29) is 19.5 Å². The van der Waals surface area contributed by atoms with Gasteiger partial charge in [0.1, 0.15) is 0 Å². The number of hydrogen-bond acceptors (Lipinski definition) is 5. The summed E-state index contributed by atoms with van der Waals surface area (Å²) >= 11 is 0. The normalized spacial score (nSPS) is 23.2. The van der Waals surface area contributed by atoms with Gasteiger partial charge < -0.3 is 9.84 Å². The molecule has 0 aromatic heterocycles. The summed E-state index contributed by atoms with van der Waals surface area (Å²) in [5.41, 5.74) is -1.08. The molecule has 1 saturated heterocycles. The Hall–Kier alpha value is -1.35. The lowest BCUT2D eigenvalue weighted by Gasteiger charge is -2.24. The maximum atomic E-state index is 12.1. The predicted molar refractivity (Wildman–Crippen MR) is 74.8 cm³/mol. The number of rotatable bonds is 6. The van der Waals surface area contributed by atoms with Crippen molar-refractivity contribution >= 4 is 22.3 Å². The summed E-state index contributed by atoms with van der Waals surface area (Å²) in [6.45, 7) is 4.97. The van der Waals surface area contributed by atoms with Gasteiger partial charge in [-0.25, -0.2) is 9.52 Å². The van der Waals surface area contributed by atoms with Crippen molar-refractivity contribution in [3.05, 3.63) is 0 Å². The Morgan fingerprint density at radius 1 is 1.43 bits per heavy atom. The molecule has 1 aliphatic heterocycles. The maximum Gasteiger partial charge on any atom is 0.422 e. The monoisotopic (exact) mass is 322 g/mol. The summed E-state index contributed by atoms with van der Waals surface area (Å²) in [6.07, 6.45) is -0.241. The van der Waals surface area contributed by atoms with Crippen LogP contribution in [0.1, 0.15) is 40.0 Å². The molecule has 0 spiro atoms. The number of carbonyl (C=O) groups excluding carboxylic acids is 1. The molecule has 1 rings (SSSR count). The molecule has 0 radical (unpaired) electrons. The second kappa shape index (κ2) is 6.61. The Kier molecular flexibility index (Phi) is 5.57. The van der Waals surface area contributed by atoms with E-state index in [1.54, 1.807) is 18.6 Å². The maximum absolute atomic E-state index is 12.1. The molecular weight excluding hydrogens is 300 g/mol. The van der Waals surface area contributed by atoms with Gasteiger partial charge in [-0.2, -0.15) is 12.7 Å². The van der Waals surface area contributed by atoms with Gasteiger partial charge in [-0.05, 0) is 26.7 Å². The first-order chi connectivity index (χ1) is 9.63. The minimum absolute atomic E-state index is 0.0661. The van der Waals surface area contributed by atoms with Crippen molar-refractivity contribution in [1.29, 1.82) is 0 Å². The third kappa shape index (κ3) is 4.31. The van der Waals surface area contributed by atoms with E-state index >= 15 is 0 Å². The fourth-order valence-electron chi connectivity index (χ4n) is 2.41. The summed E-state index contributed by atoms with van der Waals surface area (Å²) in [7, 11) is -4.08. The molecule has 1 aliphatic rings. The van der Waals surface area contributed by atoms with Crippen LogP contribution in [0.3, 0.4) is 0 Å². The van der Waals surface area contributed by atoms with Crippen LogP contribution in [0.25, 0.3) is 0 Å². The standard InChI is InChI=1S/C12H22N2O6S/c1-4-5-12(10(15)16)6-7-14(8-12)21(18,19)13-11(17)20-9(2)3/h9H,4-8H2,1-3H3,(H,13,17)(H,15,16). The highest BCUT2D eigenvalue weighted by Crippen LogP contribution is 2.36. The van der Waals surface area contributed by atoms with Gasteiger partial charge in [0.2, 0.25) is 0 Å². The zero-order valence-electron chi connectivity index (χ0n) is 12.5. The van der Waals surface area contributed by atoms with Crippen LogP contribution in [0, 0.1) is 5.41 Å². The first-order valence-corrected chi connectivity index (χ1v) is 8.29. The summed E-state index contributed by atoms with van der Waals surface area (Å²) in [5, 5.41) is 9.35. The molecule has 0 saturated carbocycles.